The fourth-order valence-corrected chi connectivity index (χ4v) is 3.12. The van der Waals surface area contributed by atoms with E-state index < -0.39 is 6.04 Å². The molecule has 4 rings (SSSR count). The predicted molar refractivity (Wildman–Crippen MR) is 102 cm³/mol. The minimum atomic E-state index is -0.614. The molecule has 4 heteroatoms. The van der Waals surface area contributed by atoms with E-state index in [0.29, 0.717) is 11.3 Å². The van der Waals surface area contributed by atoms with Gasteiger partial charge in [0.2, 0.25) is 0 Å². The molecule has 1 aromatic heterocycles. The van der Waals surface area contributed by atoms with E-state index in [9.17, 15) is 9.18 Å². The van der Waals surface area contributed by atoms with Gasteiger partial charge in [-0.05, 0) is 29.8 Å². The van der Waals surface area contributed by atoms with Crippen LogP contribution in [0.25, 0.3) is 10.9 Å². The molecule has 0 aliphatic heterocycles. The van der Waals surface area contributed by atoms with Crippen LogP contribution in [-0.2, 0) is 0 Å². The number of para-hydroxylation sites is 1. The van der Waals surface area contributed by atoms with E-state index in [1.807, 2.05) is 54.6 Å². The summed E-state index contributed by atoms with van der Waals surface area (Å²) < 4.78 is 13.6. The van der Waals surface area contributed by atoms with E-state index in [-0.39, 0.29) is 11.6 Å². The average Bonchev–Trinajstić information content (AvgIpc) is 3.10. The molecule has 1 atom stereocenters. The third-order valence-corrected chi connectivity index (χ3v) is 4.39. The Hall–Kier alpha value is -3.40. The lowest BCUT2D eigenvalue weighted by atomic mass is 9.96. The Morgan fingerprint density at radius 2 is 1.69 bits per heavy atom. The summed E-state index contributed by atoms with van der Waals surface area (Å²) in [5.74, 6) is -0.417. The topological polar surface area (TPSA) is 44.9 Å². The summed E-state index contributed by atoms with van der Waals surface area (Å²) in [6.45, 7) is 0. The Bertz CT molecular complexity index is 1060. The fourth-order valence-electron chi connectivity index (χ4n) is 3.12. The van der Waals surface area contributed by atoms with E-state index >= 15 is 0 Å². The average molecular weight is 344 g/mol. The number of rotatable bonds is 5. The second-order valence-corrected chi connectivity index (χ2v) is 6.11. The molecule has 0 aliphatic carbocycles. The number of aromatic amines is 1. The van der Waals surface area contributed by atoms with Crippen molar-refractivity contribution in [2.24, 2.45) is 0 Å². The van der Waals surface area contributed by atoms with Gasteiger partial charge in [0, 0.05) is 28.4 Å². The zero-order chi connectivity index (χ0) is 17.9. The third kappa shape index (κ3) is 3.09. The molecule has 3 nitrogen and oxygen atoms in total. The number of anilines is 1. The molecule has 128 valence electrons. The van der Waals surface area contributed by atoms with Gasteiger partial charge >= 0.3 is 0 Å². The Labute approximate surface area is 150 Å². The minimum absolute atomic E-state index is 0.0714. The first-order valence-corrected chi connectivity index (χ1v) is 8.40. The molecule has 1 heterocycles. The summed E-state index contributed by atoms with van der Waals surface area (Å²) in [5.41, 5.74) is 2.91. The van der Waals surface area contributed by atoms with Crippen LogP contribution < -0.4 is 5.32 Å². The predicted octanol–water partition coefficient (Wildman–Crippen LogP) is 5.34. The number of nitrogens with one attached hydrogen (secondary N) is 2. The molecule has 0 amide bonds. The molecule has 0 spiro atoms. The van der Waals surface area contributed by atoms with Crippen LogP contribution in [0.1, 0.15) is 22.0 Å². The maximum atomic E-state index is 13.6. The quantitative estimate of drug-likeness (QED) is 0.480. The summed E-state index contributed by atoms with van der Waals surface area (Å²) in [4.78, 5) is 16.5. The van der Waals surface area contributed by atoms with Crippen LogP contribution in [0.2, 0.25) is 0 Å². The lowest BCUT2D eigenvalue weighted by Crippen LogP contribution is -2.21. The van der Waals surface area contributed by atoms with Crippen molar-refractivity contribution >= 4 is 22.4 Å². The van der Waals surface area contributed by atoms with Gasteiger partial charge in [-0.3, -0.25) is 4.79 Å². The Balaban J connectivity index is 1.76. The van der Waals surface area contributed by atoms with Crippen molar-refractivity contribution < 1.29 is 9.18 Å². The number of benzene rings is 3. The van der Waals surface area contributed by atoms with Crippen LogP contribution in [0.4, 0.5) is 10.1 Å². The molecule has 0 saturated carbocycles. The fraction of sp³-hybridized carbons (Fsp3) is 0.0455. The van der Waals surface area contributed by atoms with Crippen molar-refractivity contribution in [3.05, 3.63) is 102 Å². The first-order valence-electron chi connectivity index (χ1n) is 8.40. The van der Waals surface area contributed by atoms with Crippen molar-refractivity contribution in [3.8, 4) is 0 Å². The highest BCUT2D eigenvalue weighted by molar-refractivity contribution is 6.11. The zero-order valence-corrected chi connectivity index (χ0v) is 13.9. The van der Waals surface area contributed by atoms with Crippen molar-refractivity contribution in [3.63, 3.8) is 0 Å². The van der Waals surface area contributed by atoms with Crippen LogP contribution >= 0.6 is 0 Å². The molecule has 26 heavy (non-hydrogen) atoms. The number of fused-ring (bicyclic) bond motifs is 1. The Morgan fingerprint density at radius 1 is 0.923 bits per heavy atom. The number of hydrogen-bond acceptors (Lipinski definition) is 2. The van der Waals surface area contributed by atoms with Gasteiger partial charge in [0.1, 0.15) is 11.9 Å². The number of hydrogen-bond donors (Lipinski definition) is 2. The van der Waals surface area contributed by atoms with Gasteiger partial charge in [0.15, 0.2) is 5.78 Å². The Morgan fingerprint density at radius 3 is 2.50 bits per heavy atom. The summed E-state index contributed by atoms with van der Waals surface area (Å²) in [6.07, 6.45) is 1.73. The molecular formula is C22H17FN2O. The van der Waals surface area contributed by atoms with Crippen molar-refractivity contribution in [2.75, 3.05) is 5.32 Å². The van der Waals surface area contributed by atoms with Gasteiger partial charge in [-0.25, -0.2) is 4.39 Å². The van der Waals surface area contributed by atoms with Crippen LogP contribution in [0.5, 0.6) is 0 Å². The van der Waals surface area contributed by atoms with E-state index in [1.165, 1.54) is 12.1 Å². The maximum Gasteiger partial charge on any atom is 0.191 e. The molecule has 0 saturated heterocycles. The van der Waals surface area contributed by atoms with Gasteiger partial charge in [0.25, 0.3) is 0 Å². The minimum Gasteiger partial charge on any atom is -0.371 e. The summed E-state index contributed by atoms with van der Waals surface area (Å²) in [7, 11) is 0. The van der Waals surface area contributed by atoms with E-state index in [1.54, 1.807) is 18.3 Å². The molecule has 3 aromatic carbocycles. The van der Waals surface area contributed by atoms with Crippen molar-refractivity contribution in [1.82, 2.24) is 4.98 Å². The lowest BCUT2D eigenvalue weighted by Gasteiger charge is -2.19. The van der Waals surface area contributed by atoms with Crippen LogP contribution in [0.3, 0.4) is 0 Å². The molecule has 0 bridgehead atoms. The first-order chi connectivity index (χ1) is 12.7. The molecule has 0 aliphatic rings. The van der Waals surface area contributed by atoms with Crippen LogP contribution in [0, 0.1) is 5.82 Å². The highest BCUT2D eigenvalue weighted by Gasteiger charge is 2.24. The summed E-state index contributed by atoms with van der Waals surface area (Å²) in [5, 5.41) is 4.06. The standard InChI is InChI=1S/C22H17FN2O/c23-16-9-6-10-17(13-16)25-21(15-7-2-1-3-8-15)22(26)19-14-24-20-12-5-4-11-18(19)20/h1-14,21,24-25H. The number of ketones is 1. The largest absolute Gasteiger partial charge is 0.371 e. The number of Topliss-reactive ketones (excluding diaryl/α,β-unsaturated/α-hetero) is 1. The third-order valence-electron chi connectivity index (χ3n) is 4.39. The van der Waals surface area contributed by atoms with E-state index in [4.69, 9.17) is 0 Å². The summed E-state index contributed by atoms with van der Waals surface area (Å²) >= 11 is 0. The smallest absolute Gasteiger partial charge is 0.191 e. The van der Waals surface area contributed by atoms with Crippen LogP contribution in [0.15, 0.2) is 85.1 Å². The van der Waals surface area contributed by atoms with Gasteiger partial charge in [-0.1, -0.05) is 54.6 Å². The molecule has 0 radical (unpaired) electrons. The van der Waals surface area contributed by atoms with Gasteiger partial charge < -0.3 is 10.3 Å². The van der Waals surface area contributed by atoms with E-state index in [0.717, 1.165) is 16.5 Å². The molecule has 4 aromatic rings. The van der Waals surface area contributed by atoms with Gasteiger partial charge in [0.05, 0.1) is 0 Å². The second-order valence-electron chi connectivity index (χ2n) is 6.11. The molecule has 0 fully saturated rings. The highest BCUT2D eigenvalue weighted by Crippen LogP contribution is 2.27. The number of carbonyl (C=O) groups excluding carboxylic acids is 1. The second kappa shape index (κ2) is 6.84. The normalized spacial score (nSPS) is 12.0. The number of halogens is 1. The van der Waals surface area contributed by atoms with Crippen LogP contribution in [-0.4, -0.2) is 10.8 Å². The van der Waals surface area contributed by atoms with Gasteiger partial charge in [-0.15, -0.1) is 0 Å². The summed E-state index contributed by atoms with van der Waals surface area (Å²) in [6, 6.07) is 22.7. The van der Waals surface area contributed by atoms with E-state index in [2.05, 4.69) is 10.3 Å². The number of aromatic nitrogens is 1. The molecule has 2 N–H and O–H groups in total. The monoisotopic (exact) mass is 344 g/mol. The SMILES string of the molecule is O=C(c1c[nH]c2ccccc12)C(Nc1cccc(F)c1)c1ccccc1. The van der Waals surface area contributed by atoms with Crippen molar-refractivity contribution in [2.45, 2.75) is 6.04 Å². The van der Waals surface area contributed by atoms with Gasteiger partial charge in [-0.2, -0.15) is 0 Å². The molecular weight excluding hydrogens is 327 g/mol. The molecule has 1 unspecified atom stereocenters. The number of H-pyrrole nitrogens is 1. The first kappa shape index (κ1) is 16.1. The zero-order valence-electron chi connectivity index (χ0n) is 13.9. The number of carbonyl (C=O) groups is 1. The Kier molecular flexibility index (Phi) is 4.23. The maximum absolute atomic E-state index is 13.6. The highest BCUT2D eigenvalue weighted by atomic mass is 19.1. The lowest BCUT2D eigenvalue weighted by molar-refractivity contribution is 0.0971. The van der Waals surface area contributed by atoms with Crippen molar-refractivity contribution in [1.29, 1.82) is 0 Å².